The monoisotopic (exact) mass is 444 g/mol. The van der Waals surface area contributed by atoms with Crippen molar-refractivity contribution < 1.29 is 9.61 Å². The average Bonchev–Trinajstić information content (AvgIpc) is 3.36. The molecule has 8 heteroatoms. The molecular formula is C26H20N8. The van der Waals surface area contributed by atoms with Crippen LogP contribution in [0.5, 0.6) is 0 Å². The Morgan fingerprint density at radius 3 is 1.21 bits per heavy atom. The standard InChI is InChI=1S/C26H20N8/c1-5-13-21(14-6-1)27-29-25(30-28-22-15-7-2-8-16-22)26-31-33(23-17-9-3-10-18-23)34(32-26)24-19-11-4-12-20-24/h1-20H. The molecule has 0 amide bonds. The van der Waals surface area contributed by atoms with E-state index < -0.39 is 0 Å². The number of azo groups is 3. The summed E-state index contributed by atoms with van der Waals surface area (Å²) in [4.78, 5) is 3.39. The highest BCUT2D eigenvalue weighted by atomic mass is 15.8. The van der Waals surface area contributed by atoms with Crippen LogP contribution in [0, 0.1) is 0 Å². The van der Waals surface area contributed by atoms with Crippen molar-refractivity contribution in [2.24, 2.45) is 20.5 Å². The summed E-state index contributed by atoms with van der Waals surface area (Å²) in [6, 6.07) is 38.3. The third-order valence-corrected chi connectivity index (χ3v) is 4.77. The SMILES string of the molecule is c1ccc(N=NC(N=Nc2ccccc2)=C2[N-][N+](c3ccccc3)=[N+](c3ccccc3)[N-]2)cc1. The summed E-state index contributed by atoms with van der Waals surface area (Å²) < 4.78 is 0. The molecule has 1 aliphatic heterocycles. The first-order chi connectivity index (χ1) is 16.9. The fourth-order valence-electron chi connectivity index (χ4n) is 3.14. The summed E-state index contributed by atoms with van der Waals surface area (Å²) in [6.07, 6.45) is 0. The van der Waals surface area contributed by atoms with Crippen molar-refractivity contribution in [3.8, 4) is 0 Å². The molecule has 1 heterocycles. The van der Waals surface area contributed by atoms with Crippen molar-refractivity contribution in [3.63, 3.8) is 0 Å². The molecule has 0 N–H and O–H groups in total. The second kappa shape index (κ2) is 10.1. The molecule has 5 rings (SSSR count). The van der Waals surface area contributed by atoms with Crippen LogP contribution in [-0.2, 0) is 0 Å². The summed E-state index contributed by atoms with van der Waals surface area (Å²) in [7, 11) is 0. The minimum Gasteiger partial charge on any atom is -0.351 e. The minimum absolute atomic E-state index is 0.187. The van der Waals surface area contributed by atoms with Crippen LogP contribution in [0.1, 0.15) is 0 Å². The largest absolute Gasteiger partial charge is 0.351 e. The number of hydrogen-bond donors (Lipinski definition) is 0. The van der Waals surface area contributed by atoms with Gasteiger partial charge in [-0.15, -0.1) is 20.5 Å². The Hall–Kier alpha value is -4.98. The maximum absolute atomic E-state index is 4.71. The Bertz CT molecular complexity index is 1260. The van der Waals surface area contributed by atoms with Gasteiger partial charge in [-0.2, -0.15) is 0 Å². The third-order valence-electron chi connectivity index (χ3n) is 4.77. The molecule has 164 valence electrons. The van der Waals surface area contributed by atoms with Gasteiger partial charge in [0.15, 0.2) is 0 Å². The molecule has 0 atom stereocenters. The Morgan fingerprint density at radius 1 is 0.471 bits per heavy atom. The van der Waals surface area contributed by atoms with Gasteiger partial charge in [-0.1, -0.05) is 97.1 Å². The molecule has 0 saturated carbocycles. The summed E-state index contributed by atoms with van der Waals surface area (Å²) >= 11 is 0. The summed E-state index contributed by atoms with van der Waals surface area (Å²) in [5.74, 6) is 0.471. The predicted octanol–water partition coefficient (Wildman–Crippen LogP) is 8.41. The lowest BCUT2D eigenvalue weighted by molar-refractivity contribution is -0.897. The first kappa shape index (κ1) is 20.9. The molecular weight excluding hydrogens is 424 g/mol. The molecule has 0 fully saturated rings. The van der Waals surface area contributed by atoms with E-state index in [2.05, 4.69) is 20.5 Å². The lowest BCUT2D eigenvalue weighted by Gasteiger charge is -2.25. The smallest absolute Gasteiger partial charge is 0.209 e. The zero-order valence-electron chi connectivity index (χ0n) is 18.1. The Labute approximate surface area is 196 Å². The van der Waals surface area contributed by atoms with Crippen LogP contribution < -0.4 is 0 Å². The molecule has 0 saturated heterocycles. The van der Waals surface area contributed by atoms with Gasteiger partial charge in [-0.25, -0.2) is 0 Å². The zero-order valence-corrected chi connectivity index (χ0v) is 18.1. The molecule has 0 unspecified atom stereocenters. The van der Waals surface area contributed by atoms with Gasteiger partial charge in [0.2, 0.25) is 5.82 Å². The van der Waals surface area contributed by atoms with Gasteiger partial charge < -0.3 is 20.5 Å². The van der Waals surface area contributed by atoms with Crippen LogP contribution in [0.15, 0.2) is 153 Å². The molecule has 8 nitrogen and oxygen atoms in total. The van der Waals surface area contributed by atoms with Crippen molar-refractivity contribution in [1.29, 1.82) is 0 Å². The van der Waals surface area contributed by atoms with Crippen molar-refractivity contribution >= 4 is 22.7 Å². The van der Waals surface area contributed by atoms with Gasteiger partial charge in [-0.05, 0) is 35.6 Å². The van der Waals surface area contributed by atoms with E-state index in [1.165, 1.54) is 0 Å². The molecule has 4 aromatic rings. The topological polar surface area (TPSA) is 83.7 Å². The quantitative estimate of drug-likeness (QED) is 0.211. The molecule has 34 heavy (non-hydrogen) atoms. The van der Waals surface area contributed by atoms with E-state index in [0.29, 0.717) is 11.4 Å². The average molecular weight is 445 g/mol. The van der Waals surface area contributed by atoms with Crippen molar-refractivity contribution in [3.05, 3.63) is 144 Å². The fraction of sp³-hybridized carbons (Fsp3) is 0. The Kier molecular flexibility index (Phi) is 6.20. The third kappa shape index (κ3) is 4.91. The molecule has 0 bridgehead atoms. The van der Waals surface area contributed by atoms with E-state index in [9.17, 15) is 0 Å². The van der Waals surface area contributed by atoms with Crippen molar-refractivity contribution in [2.75, 3.05) is 0 Å². The van der Waals surface area contributed by atoms with Crippen LogP contribution in [0.4, 0.5) is 22.7 Å². The van der Waals surface area contributed by atoms with E-state index in [1.807, 2.05) is 121 Å². The van der Waals surface area contributed by atoms with Crippen LogP contribution in [0.2, 0.25) is 0 Å². The van der Waals surface area contributed by atoms with Crippen molar-refractivity contribution in [2.45, 2.75) is 0 Å². The van der Waals surface area contributed by atoms with Gasteiger partial charge in [0.1, 0.15) is 0 Å². The summed E-state index contributed by atoms with van der Waals surface area (Å²) in [6.45, 7) is 0. The first-order valence-corrected chi connectivity index (χ1v) is 10.7. The van der Waals surface area contributed by atoms with Crippen molar-refractivity contribution in [1.82, 2.24) is 0 Å². The fourth-order valence-corrected chi connectivity index (χ4v) is 3.14. The Morgan fingerprint density at radius 2 is 0.824 bits per heavy atom. The predicted molar refractivity (Wildman–Crippen MR) is 128 cm³/mol. The highest BCUT2D eigenvalue weighted by molar-refractivity contribution is 5.39. The van der Waals surface area contributed by atoms with Gasteiger partial charge in [0.25, 0.3) is 0 Å². The number of nitrogens with zero attached hydrogens (tertiary/aromatic N) is 8. The molecule has 0 spiro atoms. The summed E-state index contributed by atoms with van der Waals surface area (Å²) in [5, 5.41) is 17.3. The van der Waals surface area contributed by atoms with Gasteiger partial charge >= 0.3 is 0 Å². The van der Waals surface area contributed by atoms with Gasteiger partial charge in [-0.3, -0.25) is 0 Å². The minimum atomic E-state index is 0.187. The van der Waals surface area contributed by atoms with E-state index in [4.69, 9.17) is 10.9 Å². The van der Waals surface area contributed by atoms with Crippen LogP contribution in [0.25, 0.3) is 10.9 Å². The Balaban J connectivity index is 1.57. The number of para-hydroxylation sites is 2. The van der Waals surface area contributed by atoms with Gasteiger partial charge in [0.05, 0.1) is 17.2 Å². The second-order valence-electron chi connectivity index (χ2n) is 7.17. The molecule has 1 aliphatic rings. The maximum Gasteiger partial charge on any atom is 0.209 e. The summed E-state index contributed by atoms with van der Waals surface area (Å²) in [5.41, 5.74) is 12.5. The molecule has 4 aromatic carbocycles. The van der Waals surface area contributed by atoms with Crippen LogP contribution in [0.3, 0.4) is 0 Å². The van der Waals surface area contributed by atoms with Crippen LogP contribution >= 0.6 is 0 Å². The van der Waals surface area contributed by atoms with E-state index in [-0.39, 0.29) is 11.6 Å². The molecule has 0 aromatic heterocycles. The lowest BCUT2D eigenvalue weighted by Crippen LogP contribution is -2.04. The van der Waals surface area contributed by atoms with E-state index in [0.717, 1.165) is 11.4 Å². The molecule has 0 radical (unpaired) electrons. The number of hydrogen-bond acceptors (Lipinski definition) is 4. The normalized spacial score (nSPS) is 13.4. The highest BCUT2D eigenvalue weighted by Gasteiger charge is 2.11. The zero-order chi connectivity index (χ0) is 23.0. The lowest BCUT2D eigenvalue weighted by atomic mass is 10.3. The first-order valence-electron chi connectivity index (χ1n) is 10.7. The van der Waals surface area contributed by atoms with E-state index in [1.54, 1.807) is 9.61 Å². The van der Waals surface area contributed by atoms with E-state index >= 15 is 0 Å². The number of benzene rings is 4. The second-order valence-corrected chi connectivity index (χ2v) is 7.17. The maximum atomic E-state index is 4.71. The highest BCUT2D eigenvalue weighted by Crippen LogP contribution is 2.37. The molecule has 0 aliphatic carbocycles. The number of rotatable bonds is 6. The van der Waals surface area contributed by atoms with Gasteiger partial charge in [0, 0.05) is 0 Å². The van der Waals surface area contributed by atoms with Crippen LogP contribution in [-0.4, -0.2) is 9.61 Å².